The maximum atomic E-state index is 12.7. The number of ether oxygens (including phenoxy) is 1. The molecule has 0 aliphatic carbocycles. The number of amides is 1. The van der Waals surface area contributed by atoms with E-state index in [-0.39, 0.29) is 0 Å². The van der Waals surface area contributed by atoms with E-state index in [4.69, 9.17) is 4.74 Å². The summed E-state index contributed by atoms with van der Waals surface area (Å²) in [6.45, 7) is 5.28. The lowest BCUT2D eigenvalue weighted by atomic mass is 10.0. The van der Waals surface area contributed by atoms with Crippen molar-refractivity contribution in [1.29, 1.82) is 0 Å². The van der Waals surface area contributed by atoms with Gasteiger partial charge in [-0.3, -0.25) is 5.32 Å². The summed E-state index contributed by atoms with van der Waals surface area (Å²) < 4.78 is 45.0. The second kappa shape index (κ2) is 6.61. The molecular weight excluding hydrogens is 359 g/mol. The lowest BCUT2D eigenvalue weighted by Crippen LogP contribution is -2.27. The highest BCUT2D eigenvalue weighted by atomic mass is 19.4. The maximum Gasteiger partial charge on any atom is 0.416 e. The van der Waals surface area contributed by atoms with Crippen molar-refractivity contribution in [3.63, 3.8) is 0 Å². The summed E-state index contributed by atoms with van der Waals surface area (Å²) in [6.07, 6.45) is -1.77. The summed E-state index contributed by atoms with van der Waals surface area (Å²) in [6, 6.07) is 8.19. The van der Waals surface area contributed by atoms with E-state index in [0.29, 0.717) is 22.3 Å². The van der Waals surface area contributed by atoms with E-state index in [1.54, 1.807) is 49.8 Å². The molecule has 0 saturated heterocycles. The van der Waals surface area contributed by atoms with Crippen molar-refractivity contribution in [1.82, 2.24) is 9.61 Å². The zero-order valence-corrected chi connectivity index (χ0v) is 15.0. The molecule has 27 heavy (non-hydrogen) atoms. The Kier molecular flexibility index (Phi) is 4.59. The van der Waals surface area contributed by atoms with Gasteiger partial charge in [0.2, 0.25) is 0 Å². The number of fused-ring (bicyclic) bond motifs is 1. The van der Waals surface area contributed by atoms with Crippen LogP contribution >= 0.6 is 0 Å². The van der Waals surface area contributed by atoms with Crippen molar-refractivity contribution >= 4 is 17.3 Å². The third-order valence-electron chi connectivity index (χ3n) is 3.69. The Hall–Kier alpha value is -3.03. The van der Waals surface area contributed by atoms with Gasteiger partial charge < -0.3 is 4.74 Å². The molecule has 0 spiro atoms. The summed E-state index contributed by atoms with van der Waals surface area (Å²) >= 11 is 0. The minimum atomic E-state index is -4.38. The van der Waals surface area contributed by atoms with Crippen LogP contribution in [0.2, 0.25) is 0 Å². The first kappa shape index (κ1) is 18.8. The van der Waals surface area contributed by atoms with Crippen LogP contribution in [0.1, 0.15) is 26.3 Å². The monoisotopic (exact) mass is 377 g/mol. The number of hydrogen-bond donors (Lipinski definition) is 1. The van der Waals surface area contributed by atoms with Gasteiger partial charge in [-0.2, -0.15) is 18.3 Å². The van der Waals surface area contributed by atoms with Crippen LogP contribution in [0.15, 0.2) is 48.8 Å². The third kappa shape index (κ3) is 4.39. The van der Waals surface area contributed by atoms with E-state index in [1.807, 2.05) is 0 Å². The molecule has 1 aromatic carbocycles. The molecule has 0 bridgehead atoms. The normalized spacial score (nSPS) is 12.2. The predicted octanol–water partition coefficient (Wildman–Crippen LogP) is 5.37. The molecule has 0 radical (unpaired) electrons. The Labute approximate surface area is 153 Å². The minimum Gasteiger partial charge on any atom is -0.444 e. The molecule has 2 heterocycles. The van der Waals surface area contributed by atoms with Crippen LogP contribution in [0.4, 0.5) is 23.7 Å². The fraction of sp³-hybridized carbons (Fsp3) is 0.263. The zero-order chi connectivity index (χ0) is 19.8. The Bertz CT molecular complexity index is 971. The van der Waals surface area contributed by atoms with Gasteiger partial charge in [0, 0.05) is 17.4 Å². The number of pyridine rings is 1. The number of anilines is 1. The van der Waals surface area contributed by atoms with Gasteiger partial charge in [-0.05, 0) is 50.6 Å². The summed E-state index contributed by atoms with van der Waals surface area (Å²) in [7, 11) is 0. The number of halogens is 3. The van der Waals surface area contributed by atoms with Crippen molar-refractivity contribution in [2.45, 2.75) is 32.5 Å². The van der Waals surface area contributed by atoms with Gasteiger partial charge in [-0.25, -0.2) is 9.31 Å². The number of alkyl halides is 3. The van der Waals surface area contributed by atoms with Crippen LogP contribution in [0, 0.1) is 0 Å². The van der Waals surface area contributed by atoms with Gasteiger partial charge in [-0.1, -0.05) is 12.1 Å². The first-order valence-corrected chi connectivity index (χ1v) is 8.18. The van der Waals surface area contributed by atoms with Crippen LogP contribution in [-0.4, -0.2) is 21.3 Å². The highest BCUT2D eigenvalue weighted by molar-refractivity contribution is 5.88. The molecule has 0 fully saturated rings. The van der Waals surface area contributed by atoms with Crippen molar-refractivity contribution in [2.75, 3.05) is 5.32 Å². The lowest BCUT2D eigenvalue weighted by molar-refractivity contribution is -0.137. The molecule has 8 heteroatoms. The molecule has 0 unspecified atom stereocenters. The highest BCUT2D eigenvalue weighted by Crippen LogP contribution is 2.32. The average molecular weight is 377 g/mol. The van der Waals surface area contributed by atoms with Crippen LogP contribution in [0.3, 0.4) is 0 Å². The van der Waals surface area contributed by atoms with Crippen molar-refractivity contribution < 1.29 is 22.7 Å². The predicted molar refractivity (Wildman–Crippen MR) is 95.5 cm³/mol. The fourth-order valence-corrected chi connectivity index (χ4v) is 2.54. The number of nitrogens with one attached hydrogen (secondary N) is 1. The second-order valence-electron chi connectivity index (χ2n) is 7.01. The summed E-state index contributed by atoms with van der Waals surface area (Å²) in [5.74, 6) is 0. The smallest absolute Gasteiger partial charge is 0.416 e. The van der Waals surface area contributed by atoms with E-state index in [1.165, 1.54) is 12.1 Å². The SMILES string of the molecule is CC(C)(C)OC(=O)Nc1ccn2ncc(-c3ccc(C(F)(F)F)cc3)c2c1. The number of nitrogens with zero attached hydrogens (tertiary/aromatic N) is 2. The average Bonchev–Trinajstić information content (AvgIpc) is 2.95. The van der Waals surface area contributed by atoms with E-state index < -0.39 is 23.4 Å². The molecule has 3 aromatic rings. The number of carbonyl (C=O) groups is 1. The number of benzene rings is 1. The number of aromatic nitrogens is 2. The molecule has 0 saturated carbocycles. The Balaban J connectivity index is 1.90. The number of hydrogen-bond acceptors (Lipinski definition) is 3. The first-order valence-electron chi connectivity index (χ1n) is 8.18. The Morgan fingerprint density at radius 1 is 1.11 bits per heavy atom. The largest absolute Gasteiger partial charge is 0.444 e. The quantitative estimate of drug-likeness (QED) is 0.653. The number of rotatable bonds is 2. The van der Waals surface area contributed by atoms with E-state index in [9.17, 15) is 18.0 Å². The molecule has 1 amide bonds. The molecule has 2 aromatic heterocycles. The Morgan fingerprint density at radius 3 is 2.37 bits per heavy atom. The van der Waals surface area contributed by atoms with Crippen molar-refractivity contribution in [3.05, 3.63) is 54.4 Å². The Morgan fingerprint density at radius 2 is 1.78 bits per heavy atom. The molecule has 0 aliphatic heterocycles. The molecule has 142 valence electrons. The van der Waals surface area contributed by atoms with Crippen molar-refractivity contribution in [2.24, 2.45) is 0 Å². The van der Waals surface area contributed by atoms with Gasteiger partial charge in [0.05, 0.1) is 17.3 Å². The molecule has 0 aliphatic rings. The van der Waals surface area contributed by atoms with Crippen LogP contribution in [0.5, 0.6) is 0 Å². The topological polar surface area (TPSA) is 55.6 Å². The first-order chi connectivity index (χ1) is 12.5. The van der Waals surface area contributed by atoms with E-state index >= 15 is 0 Å². The number of carbonyl (C=O) groups excluding carboxylic acids is 1. The van der Waals surface area contributed by atoms with Crippen molar-refractivity contribution in [3.8, 4) is 11.1 Å². The summed E-state index contributed by atoms with van der Waals surface area (Å²) in [4.78, 5) is 11.9. The third-order valence-corrected chi connectivity index (χ3v) is 3.69. The second-order valence-corrected chi connectivity index (χ2v) is 7.01. The molecule has 3 rings (SSSR count). The summed E-state index contributed by atoms with van der Waals surface area (Å²) in [5, 5.41) is 6.83. The molecule has 5 nitrogen and oxygen atoms in total. The standard InChI is InChI=1S/C19H18F3N3O2/c1-18(2,3)27-17(26)24-14-8-9-25-16(10-14)15(11-23-25)12-4-6-13(7-5-12)19(20,21)22/h4-11H,1-3H3,(H,24,26). The molecule has 0 atom stereocenters. The summed E-state index contributed by atoms with van der Waals surface area (Å²) in [5.41, 5.74) is 1.03. The van der Waals surface area contributed by atoms with Crippen LogP contribution in [0.25, 0.3) is 16.6 Å². The van der Waals surface area contributed by atoms with Gasteiger partial charge in [0.1, 0.15) is 5.60 Å². The molecular formula is C19H18F3N3O2. The minimum absolute atomic E-state index is 0.491. The highest BCUT2D eigenvalue weighted by Gasteiger charge is 2.30. The van der Waals surface area contributed by atoms with E-state index in [0.717, 1.165) is 12.1 Å². The lowest BCUT2D eigenvalue weighted by Gasteiger charge is -2.19. The van der Waals surface area contributed by atoms with Gasteiger partial charge in [0.25, 0.3) is 0 Å². The fourth-order valence-electron chi connectivity index (χ4n) is 2.54. The van der Waals surface area contributed by atoms with Crippen LogP contribution < -0.4 is 5.32 Å². The van der Waals surface area contributed by atoms with Gasteiger partial charge >= 0.3 is 12.3 Å². The van der Waals surface area contributed by atoms with Gasteiger partial charge in [-0.15, -0.1) is 0 Å². The molecule has 1 N–H and O–H groups in total. The zero-order valence-electron chi connectivity index (χ0n) is 15.0. The van der Waals surface area contributed by atoms with Gasteiger partial charge in [0.15, 0.2) is 0 Å². The van der Waals surface area contributed by atoms with Crippen LogP contribution in [-0.2, 0) is 10.9 Å². The maximum absolute atomic E-state index is 12.7. The van der Waals surface area contributed by atoms with E-state index in [2.05, 4.69) is 10.4 Å².